The third-order valence-corrected chi connectivity index (χ3v) is 4.37. The molecule has 1 aliphatic rings. The molecule has 0 bridgehead atoms. The highest BCUT2D eigenvalue weighted by molar-refractivity contribution is 5.23. The first-order valence-corrected chi connectivity index (χ1v) is 6.93. The summed E-state index contributed by atoms with van der Waals surface area (Å²) in [7, 11) is 0. The lowest BCUT2D eigenvalue weighted by molar-refractivity contribution is 0.239. The van der Waals surface area contributed by atoms with E-state index in [-0.39, 0.29) is 5.92 Å². The van der Waals surface area contributed by atoms with E-state index in [2.05, 4.69) is 6.92 Å². The molecule has 0 heterocycles. The molecule has 106 valence electrons. The lowest BCUT2D eigenvalue weighted by Crippen LogP contribution is -2.26. The van der Waals surface area contributed by atoms with Crippen LogP contribution in [0.2, 0.25) is 0 Å². The van der Waals surface area contributed by atoms with Gasteiger partial charge in [0.1, 0.15) is 0 Å². The molecule has 19 heavy (non-hydrogen) atoms. The van der Waals surface area contributed by atoms with Gasteiger partial charge in [0.2, 0.25) is 0 Å². The largest absolute Gasteiger partial charge is 0.324 e. The molecule has 1 unspecified atom stereocenters. The van der Waals surface area contributed by atoms with Crippen molar-refractivity contribution in [2.75, 3.05) is 0 Å². The van der Waals surface area contributed by atoms with E-state index >= 15 is 0 Å². The van der Waals surface area contributed by atoms with Crippen molar-refractivity contribution in [3.8, 4) is 0 Å². The fourth-order valence-electron chi connectivity index (χ4n) is 3.00. The number of nitrogens with two attached hydrogens (primary N) is 1. The highest BCUT2D eigenvalue weighted by atomic mass is 19.2. The number of halogens is 3. The van der Waals surface area contributed by atoms with Gasteiger partial charge < -0.3 is 5.73 Å². The Morgan fingerprint density at radius 2 is 1.63 bits per heavy atom. The van der Waals surface area contributed by atoms with Crippen LogP contribution in [0, 0.1) is 29.3 Å². The molecule has 0 spiro atoms. The van der Waals surface area contributed by atoms with Gasteiger partial charge in [0.05, 0.1) is 0 Å². The maximum atomic E-state index is 13.2. The Hall–Kier alpha value is -1.03. The molecule has 0 aromatic heterocycles. The van der Waals surface area contributed by atoms with Gasteiger partial charge in [-0.1, -0.05) is 26.2 Å². The quantitative estimate of drug-likeness (QED) is 0.814. The summed E-state index contributed by atoms with van der Waals surface area (Å²) in [4.78, 5) is 0. The lowest BCUT2D eigenvalue weighted by Gasteiger charge is -2.32. The Labute approximate surface area is 112 Å². The highest BCUT2D eigenvalue weighted by Crippen LogP contribution is 2.37. The fourth-order valence-corrected chi connectivity index (χ4v) is 3.00. The summed E-state index contributed by atoms with van der Waals surface area (Å²) in [6, 6.07) is 1.63. The molecule has 0 saturated heterocycles. The van der Waals surface area contributed by atoms with E-state index in [0.717, 1.165) is 43.7 Å². The lowest BCUT2D eigenvalue weighted by atomic mass is 9.76. The molecule has 0 radical (unpaired) electrons. The van der Waals surface area contributed by atoms with Gasteiger partial charge in [-0.2, -0.15) is 0 Å². The summed E-state index contributed by atoms with van der Waals surface area (Å²) in [5.74, 6) is -2.77. The predicted octanol–water partition coefficient (Wildman–Crippen LogP) is 4.32. The SMILES string of the molecule is CCC1CCC(C(N)c2cc(F)c(F)c(F)c2)CC1. The van der Waals surface area contributed by atoms with E-state index in [4.69, 9.17) is 5.73 Å². The van der Waals surface area contributed by atoms with Gasteiger partial charge in [-0.05, 0) is 42.4 Å². The zero-order chi connectivity index (χ0) is 14.0. The third kappa shape index (κ3) is 3.11. The zero-order valence-electron chi connectivity index (χ0n) is 11.1. The van der Waals surface area contributed by atoms with E-state index in [1.54, 1.807) is 0 Å². The van der Waals surface area contributed by atoms with Crippen molar-refractivity contribution in [3.63, 3.8) is 0 Å². The van der Waals surface area contributed by atoms with Gasteiger partial charge >= 0.3 is 0 Å². The molecular weight excluding hydrogens is 251 g/mol. The van der Waals surface area contributed by atoms with Crippen LogP contribution < -0.4 is 5.73 Å². The maximum absolute atomic E-state index is 13.2. The van der Waals surface area contributed by atoms with Crippen LogP contribution >= 0.6 is 0 Å². The monoisotopic (exact) mass is 271 g/mol. The molecule has 0 aliphatic heterocycles. The number of rotatable bonds is 3. The first kappa shape index (κ1) is 14.4. The summed E-state index contributed by atoms with van der Waals surface area (Å²) in [6.07, 6.45) is 5.34. The number of hydrogen-bond acceptors (Lipinski definition) is 1. The smallest absolute Gasteiger partial charge is 0.194 e. The molecule has 2 N–H and O–H groups in total. The Kier molecular flexibility index (Phi) is 4.50. The normalized spacial score (nSPS) is 25.3. The first-order valence-electron chi connectivity index (χ1n) is 6.93. The van der Waals surface area contributed by atoms with Crippen molar-refractivity contribution in [1.29, 1.82) is 0 Å². The second-order valence-corrected chi connectivity index (χ2v) is 5.51. The van der Waals surface area contributed by atoms with Crippen molar-refractivity contribution < 1.29 is 13.2 Å². The molecule has 1 aliphatic carbocycles. The molecule has 1 aromatic rings. The average Bonchev–Trinajstić information content (AvgIpc) is 2.43. The molecule has 2 rings (SSSR count). The zero-order valence-corrected chi connectivity index (χ0v) is 11.1. The summed E-state index contributed by atoms with van der Waals surface area (Å²) < 4.78 is 39.3. The number of hydrogen-bond donors (Lipinski definition) is 1. The second kappa shape index (κ2) is 5.95. The van der Waals surface area contributed by atoms with Gasteiger partial charge in [-0.3, -0.25) is 0 Å². The summed E-state index contributed by atoms with van der Waals surface area (Å²) >= 11 is 0. The Morgan fingerprint density at radius 1 is 1.11 bits per heavy atom. The molecule has 1 aromatic carbocycles. The molecular formula is C15H20F3N. The first-order chi connectivity index (χ1) is 9.02. The van der Waals surface area contributed by atoms with Crippen LogP contribution in [-0.4, -0.2) is 0 Å². The van der Waals surface area contributed by atoms with Gasteiger partial charge in [0.15, 0.2) is 17.5 Å². The molecule has 1 fully saturated rings. The van der Waals surface area contributed by atoms with Crippen molar-refractivity contribution in [3.05, 3.63) is 35.1 Å². The van der Waals surface area contributed by atoms with Crippen LogP contribution in [-0.2, 0) is 0 Å². The van der Waals surface area contributed by atoms with Gasteiger partial charge in [0, 0.05) is 6.04 Å². The minimum absolute atomic E-state index is 0.229. The Morgan fingerprint density at radius 3 is 2.11 bits per heavy atom. The van der Waals surface area contributed by atoms with Gasteiger partial charge in [-0.15, -0.1) is 0 Å². The second-order valence-electron chi connectivity index (χ2n) is 5.51. The predicted molar refractivity (Wildman–Crippen MR) is 69.0 cm³/mol. The van der Waals surface area contributed by atoms with Crippen LogP contribution in [0.5, 0.6) is 0 Å². The van der Waals surface area contributed by atoms with Crippen LogP contribution in [0.25, 0.3) is 0 Å². The molecule has 1 saturated carbocycles. The van der Waals surface area contributed by atoms with Crippen molar-refractivity contribution >= 4 is 0 Å². The summed E-state index contributed by atoms with van der Waals surface area (Å²) in [5.41, 5.74) is 6.45. The van der Waals surface area contributed by atoms with Crippen LogP contribution in [0.15, 0.2) is 12.1 Å². The molecule has 1 atom stereocenters. The molecule has 1 nitrogen and oxygen atoms in total. The third-order valence-electron chi connectivity index (χ3n) is 4.37. The van der Waals surface area contributed by atoms with Crippen LogP contribution in [0.1, 0.15) is 50.6 Å². The highest BCUT2D eigenvalue weighted by Gasteiger charge is 2.27. The Balaban J connectivity index is 2.10. The van der Waals surface area contributed by atoms with E-state index in [0.29, 0.717) is 5.56 Å². The average molecular weight is 271 g/mol. The fraction of sp³-hybridized carbons (Fsp3) is 0.600. The van der Waals surface area contributed by atoms with Crippen molar-refractivity contribution in [1.82, 2.24) is 0 Å². The van der Waals surface area contributed by atoms with Gasteiger partial charge in [0.25, 0.3) is 0 Å². The molecule has 4 heteroatoms. The maximum Gasteiger partial charge on any atom is 0.194 e. The van der Waals surface area contributed by atoms with E-state index in [9.17, 15) is 13.2 Å². The standard InChI is InChI=1S/C15H20F3N/c1-2-9-3-5-10(6-4-9)15(19)11-7-12(16)14(18)13(17)8-11/h7-10,15H,2-6,19H2,1H3. The van der Waals surface area contributed by atoms with Crippen molar-refractivity contribution in [2.45, 2.75) is 45.1 Å². The number of benzene rings is 1. The summed E-state index contributed by atoms with van der Waals surface area (Å²) in [5, 5.41) is 0. The van der Waals surface area contributed by atoms with Gasteiger partial charge in [-0.25, -0.2) is 13.2 Å². The minimum atomic E-state index is -1.43. The van der Waals surface area contributed by atoms with E-state index in [1.165, 1.54) is 6.42 Å². The Bertz CT molecular complexity index is 416. The molecule has 0 amide bonds. The minimum Gasteiger partial charge on any atom is -0.324 e. The van der Waals surface area contributed by atoms with E-state index in [1.807, 2.05) is 0 Å². The summed E-state index contributed by atoms with van der Waals surface area (Å²) in [6.45, 7) is 2.18. The van der Waals surface area contributed by atoms with E-state index < -0.39 is 23.5 Å². The topological polar surface area (TPSA) is 26.0 Å². The van der Waals surface area contributed by atoms with Crippen LogP contribution in [0.4, 0.5) is 13.2 Å². The van der Waals surface area contributed by atoms with Crippen molar-refractivity contribution in [2.24, 2.45) is 17.6 Å². The van der Waals surface area contributed by atoms with Crippen LogP contribution in [0.3, 0.4) is 0 Å².